The Bertz CT molecular complexity index is 597. The van der Waals surface area contributed by atoms with Crippen LogP contribution < -0.4 is 11.1 Å². The molecular formula is C15H15N3O. The summed E-state index contributed by atoms with van der Waals surface area (Å²) in [4.78, 5) is 15.5. The van der Waals surface area contributed by atoms with Crippen LogP contribution in [0.1, 0.15) is 28.3 Å². The number of nitrogens with one attached hydrogen (secondary N) is 1. The van der Waals surface area contributed by atoms with E-state index in [4.69, 9.17) is 5.73 Å². The summed E-state index contributed by atoms with van der Waals surface area (Å²) in [5, 5.41) is 3.30. The van der Waals surface area contributed by atoms with Crippen LogP contribution in [0.3, 0.4) is 0 Å². The van der Waals surface area contributed by atoms with Crippen molar-refractivity contribution >= 4 is 11.7 Å². The summed E-state index contributed by atoms with van der Waals surface area (Å²) in [5.74, 6) is 0.620. The van der Waals surface area contributed by atoms with Crippen LogP contribution in [0.4, 0.5) is 5.82 Å². The van der Waals surface area contributed by atoms with Crippen LogP contribution in [-0.4, -0.2) is 16.9 Å². The molecule has 1 aromatic heterocycles. The van der Waals surface area contributed by atoms with Crippen molar-refractivity contribution in [2.75, 3.05) is 5.32 Å². The summed E-state index contributed by atoms with van der Waals surface area (Å²) in [6.07, 6.45) is 2.72. The van der Waals surface area contributed by atoms with Gasteiger partial charge < -0.3 is 11.1 Å². The molecule has 2 aromatic rings. The SMILES string of the molecule is NC(=O)c1cccnc1NC1CC1c1ccccc1. The number of aromatic nitrogens is 1. The third kappa shape index (κ3) is 2.42. The van der Waals surface area contributed by atoms with Gasteiger partial charge in [-0.2, -0.15) is 0 Å². The lowest BCUT2D eigenvalue weighted by atomic mass is 10.1. The fourth-order valence-electron chi connectivity index (χ4n) is 2.32. The number of hydrogen-bond donors (Lipinski definition) is 2. The topological polar surface area (TPSA) is 68.0 Å². The van der Waals surface area contributed by atoms with Gasteiger partial charge in [-0.05, 0) is 24.1 Å². The van der Waals surface area contributed by atoms with E-state index in [2.05, 4.69) is 22.4 Å². The van der Waals surface area contributed by atoms with Gasteiger partial charge in [0.15, 0.2) is 0 Å². The lowest BCUT2D eigenvalue weighted by Crippen LogP contribution is -2.16. The molecule has 19 heavy (non-hydrogen) atoms. The van der Waals surface area contributed by atoms with Crippen LogP contribution in [-0.2, 0) is 0 Å². The molecule has 0 saturated heterocycles. The van der Waals surface area contributed by atoms with Gasteiger partial charge >= 0.3 is 0 Å². The fraction of sp³-hybridized carbons (Fsp3) is 0.200. The Morgan fingerprint density at radius 1 is 1.21 bits per heavy atom. The molecule has 0 aliphatic heterocycles. The molecule has 4 nitrogen and oxygen atoms in total. The number of benzene rings is 1. The summed E-state index contributed by atoms with van der Waals surface area (Å²) >= 11 is 0. The second-order valence-corrected chi connectivity index (χ2v) is 4.77. The van der Waals surface area contributed by atoms with Gasteiger partial charge in [0.1, 0.15) is 5.82 Å². The number of anilines is 1. The maximum Gasteiger partial charge on any atom is 0.252 e. The molecule has 0 bridgehead atoms. The first-order valence-corrected chi connectivity index (χ1v) is 6.32. The zero-order chi connectivity index (χ0) is 13.2. The van der Waals surface area contributed by atoms with E-state index in [1.165, 1.54) is 5.56 Å². The smallest absolute Gasteiger partial charge is 0.252 e. The molecule has 1 fully saturated rings. The maximum atomic E-state index is 11.3. The van der Waals surface area contributed by atoms with Crippen molar-refractivity contribution in [1.29, 1.82) is 0 Å². The first-order valence-electron chi connectivity index (χ1n) is 6.32. The zero-order valence-corrected chi connectivity index (χ0v) is 10.4. The summed E-state index contributed by atoms with van der Waals surface area (Å²) < 4.78 is 0. The Morgan fingerprint density at radius 3 is 2.74 bits per heavy atom. The van der Waals surface area contributed by atoms with Gasteiger partial charge in [-0.1, -0.05) is 30.3 Å². The Labute approximate surface area is 111 Å². The van der Waals surface area contributed by atoms with E-state index in [1.54, 1.807) is 18.3 Å². The Kier molecular flexibility index (Phi) is 2.91. The molecule has 2 atom stereocenters. The van der Waals surface area contributed by atoms with Crippen molar-refractivity contribution in [1.82, 2.24) is 4.98 Å². The highest BCUT2D eigenvalue weighted by Crippen LogP contribution is 2.42. The van der Waals surface area contributed by atoms with Gasteiger partial charge in [0.25, 0.3) is 5.91 Å². The molecule has 96 valence electrons. The Balaban J connectivity index is 1.73. The monoisotopic (exact) mass is 253 g/mol. The van der Waals surface area contributed by atoms with Crippen LogP contribution in [0.5, 0.6) is 0 Å². The van der Waals surface area contributed by atoms with Crippen LogP contribution in [0.2, 0.25) is 0 Å². The van der Waals surface area contributed by atoms with E-state index in [1.807, 2.05) is 18.2 Å². The molecule has 3 rings (SSSR count). The fourth-order valence-corrected chi connectivity index (χ4v) is 2.32. The molecule has 1 aliphatic carbocycles. The predicted molar refractivity (Wildman–Crippen MR) is 74.0 cm³/mol. The molecule has 4 heteroatoms. The quantitative estimate of drug-likeness (QED) is 0.877. The summed E-state index contributed by atoms with van der Waals surface area (Å²) in [6, 6.07) is 14.1. The number of rotatable bonds is 4. The van der Waals surface area contributed by atoms with Gasteiger partial charge in [-0.15, -0.1) is 0 Å². The van der Waals surface area contributed by atoms with Gasteiger partial charge in [0, 0.05) is 18.2 Å². The number of amides is 1. The number of nitrogens with zero attached hydrogens (tertiary/aromatic N) is 1. The van der Waals surface area contributed by atoms with Crippen molar-refractivity contribution in [2.24, 2.45) is 5.73 Å². The van der Waals surface area contributed by atoms with Gasteiger partial charge in [-0.25, -0.2) is 4.98 Å². The normalized spacial score (nSPS) is 20.8. The van der Waals surface area contributed by atoms with E-state index in [-0.39, 0.29) is 0 Å². The van der Waals surface area contributed by atoms with Crippen LogP contribution in [0, 0.1) is 0 Å². The second-order valence-electron chi connectivity index (χ2n) is 4.77. The molecule has 0 radical (unpaired) electrons. The van der Waals surface area contributed by atoms with Crippen LogP contribution in [0.25, 0.3) is 0 Å². The highest BCUT2D eigenvalue weighted by molar-refractivity contribution is 5.97. The highest BCUT2D eigenvalue weighted by atomic mass is 16.1. The average Bonchev–Trinajstić information content (AvgIpc) is 3.19. The van der Waals surface area contributed by atoms with Crippen molar-refractivity contribution in [3.05, 3.63) is 59.8 Å². The highest BCUT2D eigenvalue weighted by Gasteiger charge is 2.38. The van der Waals surface area contributed by atoms with Gasteiger partial charge in [-0.3, -0.25) is 4.79 Å². The minimum Gasteiger partial charge on any atom is -0.366 e. The Hall–Kier alpha value is -2.36. The van der Waals surface area contributed by atoms with E-state index in [9.17, 15) is 4.79 Å². The van der Waals surface area contributed by atoms with E-state index in [0.717, 1.165) is 6.42 Å². The number of pyridine rings is 1. The minimum atomic E-state index is -0.451. The first-order chi connectivity index (χ1) is 9.25. The van der Waals surface area contributed by atoms with Gasteiger partial charge in [0.05, 0.1) is 5.56 Å². The molecule has 0 spiro atoms. The predicted octanol–water partition coefficient (Wildman–Crippen LogP) is 2.15. The second kappa shape index (κ2) is 4.72. The maximum absolute atomic E-state index is 11.3. The van der Waals surface area contributed by atoms with Crippen molar-refractivity contribution in [3.63, 3.8) is 0 Å². The molecule has 1 aliphatic rings. The summed E-state index contributed by atoms with van der Waals surface area (Å²) in [6.45, 7) is 0. The van der Waals surface area contributed by atoms with Gasteiger partial charge in [0.2, 0.25) is 0 Å². The summed E-state index contributed by atoms with van der Waals surface area (Å²) in [5.41, 5.74) is 7.10. The zero-order valence-electron chi connectivity index (χ0n) is 10.4. The molecule has 1 aromatic carbocycles. The van der Waals surface area contributed by atoms with E-state index >= 15 is 0 Å². The molecular weight excluding hydrogens is 238 g/mol. The van der Waals surface area contributed by atoms with E-state index < -0.39 is 5.91 Å². The standard InChI is InChI=1S/C15H15N3O/c16-14(19)11-7-4-8-17-15(11)18-13-9-12(13)10-5-2-1-3-6-10/h1-8,12-13H,9H2,(H2,16,19)(H,17,18). The van der Waals surface area contributed by atoms with Crippen molar-refractivity contribution in [2.45, 2.75) is 18.4 Å². The van der Waals surface area contributed by atoms with Crippen molar-refractivity contribution in [3.8, 4) is 0 Å². The number of carbonyl (C=O) groups is 1. The third-order valence-electron chi connectivity index (χ3n) is 3.41. The number of carbonyl (C=O) groups excluding carboxylic acids is 1. The molecule has 3 N–H and O–H groups in total. The molecule has 1 amide bonds. The number of nitrogens with two attached hydrogens (primary N) is 1. The molecule has 2 unspecified atom stereocenters. The number of hydrogen-bond acceptors (Lipinski definition) is 3. The molecule has 1 saturated carbocycles. The minimum absolute atomic E-state index is 0.329. The number of primary amides is 1. The first kappa shape index (κ1) is 11.7. The lowest BCUT2D eigenvalue weighted by molar-refractivity contribution is 0.100. The van der Waals surface area contributed by atoms with Crippen molar-refractivity contribution < 1.29 is 4.79 Å². The lowest BCUT2D eigenvalue weighted by Gasteiger charge is -2.08. The molecule has 1 heterocycles. The van der Waals surface area contributed by atoms with Crippen LogP contribution in [0.15, 0.2) is 48.7 Å². The average molecular weight is 253 g/mol. The summed E-state index contributed by atoms with van der Waals surface area (Å²) in [7, 11) is 0. The third-order valence-corrected chi connectivity index (χ3v) is 3.41. The largest absolute Gasteiger partial charge is 0.366 e. The van der Waals surface area contributed by atoms with Crippen LogP contribution >= 0.6 is 0 Å². The van der Waals surface area contributed by atoms with E-state index in [0.29, 0.717) is 23.3 Å². The Morgan fingerprint density at radius 2 is 2.00 bits per heavy atom.